The maximum Gasteiger partial charge on any atom is 0.418 e. The average Bonchev–Trinajstić information content (AvgIpc) is 2.25. The fourth-order valence-corrected chi connectivity index (χ4v) is 1.44. The third-order valence-electron chi connectivity index (χ3n) is 2.21. The molecule has 0 aliphatic rings. The molecule has 0 saturated heterocycles. The van der Waals surface area contributed by atoms with Gasteiger partial charge in [-0.05, 0) is 19.1 Å². The van der Waals surface area contributed by atoms with E-state index in [1.807, 2.05) is 0 Å². The number of rotatable bonds is 2. The SMILES string of the molecule is CC(=O)c1cc(C#N)c(C(F)(F)F)c(C(F)F)c1. The highest BCUT2D eigenvalue weighted by molar-refractivity contribution is 5.94. The Labute approximate surface area is 98.6 Å². The Kier molecular flexibility index (Phi) is 3.70. The van der Waals surface area contributed by atoms with Gasteiger partial charge in [-0.25, -0.2) is 8.78 Å². The van der Waals surface area contributed by atoms with Crippen LogP contribution in [0.5, 0.6) is 0 Å². The van der Waals surface area contributed by atoms with E-state index in [2.05, 4.69) is 0 Å². The van der Waals surface area contributed by atoms with Crippen molar-refractivity contribution < 1.29 is 26.7 Å². The van der Waals surface area contributed by atoms with Gasteiger partial charge in [0.15, 0.2) is 5.78 Å². The Bertz CT molecular complexity index is 527. The fraction of sp³-hybridized carbons (Fsp3) is 0.273. The Hall–Kier alpha value is -1.97. The first-order chi connectivity index (χ1) is 8.18. The highest BCUT2D eigenvalue weighted by Crippen LogP contribution is 2.39. The lowest BCUT2D eigenvalue weighted by Gasteiger charge is -2.15. The van der Waals surface area contributed by atoms with E-state index in [0.717, 1.165) is 6.92 Å². The number of hydrogen-bond donors (Lipinski definition) is 0. The van der Waals surface area contributed by atoms with E-state index in [1.54, 1.807) is 0 Å². The van der Waals surface area contributed by atoms with Crippen molar-refractivity contribution in [1.29, 1.82) is 5.26 Å². The van der Waals surface area contributed by atoms with Crippen molar-refractivity contribution in [2.75, 3.05) is 0 Å². The molecule has 1 aromatic carbocycles. The summed E-state index contributed by atoms with van der Waals surface area (Å²) in [5, 5.41) is 8.59. The molecule has 1 aromatic rings. The number of benzene rings is 1. The van der Waals surface area contributed by atoms with E-state index < -0.39 is 35.1 Å². The van der Waals surface area contributed by atoms with Gasteiger partial charge in [-0.1, -0.05) is 0 Å². The number of carbonyl (C=O) groups is 1. The Morgan fingerprint density at radius 3 is 2.22 bits per heavy atom. The fourth-order valence-electron chi connectivity index (χ4n) is 1.44. The molecule has 0 heterocycles. The van der Waals surface area contributed by atoms with Crippen LogP contribution in [0, 0.1) is 11.3 Å². The van der Waals surface area contributed by atoms with Crippen molar-refractivity contribution in [3.05, 3.63) is 34.4 Å². The molecule has 0 bridgehead atoms. The van der Waals surface area contributed by atoms with Crippen molar-refractivity contribution in [2.24, 2.45) is 0 Å². The molecular formula is C11H6F5NO. The van der Waals surface area contributed by atoms with Crippen LogP contribution in [0.3, 0.4) is 0 Å². The summed E-state index contributed by atoms with van der Waals surface area (Å²) in [7, 11) is 0. The molecule has 1 rings (SSSR count). The summed E-state index contributed by atoms with van der Waals surface area (Å²) in [6.07, 6.45) is -8.50. The first-order valence-corrected chi connectivity index (χ1v) is 4.62. The number of ketones is 1. The van der Waals surface area contributed by atoms with E-state index in [1.165, 1.54) is 6.07 Å². The molecule has 7 heteroatoms. The normalized spacial score (nSPS) is 11.4. The minimum Gasteiger partial charge on any atom is -0.295 e. The van der Waals surface area contributed by atoms with Gasteiger partial charge in [-0.15, -0.1) is 0 Å². The number of Topliss-reactive ketones (excluding diaryl/α,β-unsaturated/α-hetero) is 1. The maximum atomic E-state index is 12.6. The Morgan fingerprint density at radius 2 is 1.89 bits per heavy atom. The third kappa shape index (κ3) is 2.64. The van der Waals surface area contributed by atoms with Crippen LogP contribution in [0.25, 0.3) is 0 Å². The molecule has 0 N–H and O–H groups in total. The molecule has 0 fully saturated rings. The lowest BCUT2D eigenvalue weighted by atomic mass is 9.96. The van der Waals surface area contributed by atoms with Crippen LogP contribution in [0.2, 0.25) is 0 Å². The Balaban J connectivity index is 3.69. The molecule has 96 valence electrons. The summed E-state index contributed by atoms with van der Waals surface area (Å²) in [5.74, 6) is -0.692. The summed E-state index contributed by atoms with van der Waals surface area (Å²) < 4.78 is 63.1. The van der Waals surface area contributed by atoms with Gasteiger partial charge in [0.1, 0.15) is 0 Å². The predicted molar refractivity (Wildman–Crippen MR) is 51.1 cm³/mol. The van der Waals surface area contributed by atoms with Gasteiger partial charge in [0.25, 0.3) is 6.43 Å². The van der Waals surface area contributed by atoms with Gasteiger partial charge < -0.3 is 0 Å². The quantitative estimate of drug-likeness (QED) is 0.602. The van der Waals surface area contributed by atoms with Crippen molar-refractivity contribution in [1.82, 2.24) is 0 Å². The second-order valence-electron chi connectivity index (χ2n) is 3.45. The van der Waals surface area contributed by atoms with Crippen molar-refractivity contribution in [3.63, 3.8) is 0 Å². The minimum absolute atomic E-state index is 0.352. The summed E-state index contributed by atoms with van der Waals surface area (Å²) >= 11 is 0. The molecule has 0 aliphatic heterocycles. The zero-order valence-electron chi connectivity index (χ0n) is 8.98. The van der Waals surface area contributed by atoms with Gasteiger partial charge >= 0.3 is 6.18 Å². The molecule has 0 aromatic heterocycles. The summed E-state index contributed by atoms with van der Waals surface area (Å²) in [5.41, 5.74) is -4.38. The van der Waals surface area contributed by atoms with Crippen molar-refractivity contribution in [3.8, 4) is 6.07 Å². The molecular weight excluding hydrogens is 257 g/mol. The van der Waals surface area contributed by atoms with Crippen LogP contribution in [-0.2, 0) is 6.18 Å². The highest BCUT2D eigenvalue weighted by Gasteiger charge is 2.39. The summed E-state index contributed by atoms with van der Waals surface area (Å²) in [6.45, 7) is 1.01. The zero-order chi connectivity index (χ0) is 14.1. The van der Waals surface area contributed by atoms with Gasteiger partial charge in [-0.3, -0.25) is 4.79 Å². The molecule has 0 unspecified atom stereocenters. The molecule has 0 aliphatic carbocycles. The van der Waals surface area contributed by atoms with E-state index in [-0.39, 0.29) is 5.56 Å². The second-order valence-corrected chi connectivity index (χ2v) is 3.45. The molecule has 18 heavy (non-hydrogen) atoms. The largest absolute Gasteiger partial charge is 0.418 e. The van der Waals surface area contributed by atoms with Crippen LogP contribution in [0.4, 0.5) is 22.0 Å². The number of alkyl halides is 5. The second kappa shape index (κ2) is 4.72. The maximum absolute atomic E-state index is 12.6. The zero-order valence-corrected chi connectivity index (χ0v) is 8.98. The van der Waals surface area contributed by atoms with Gasteiger partial charge in [0, 0.05) is 11.1 Å². The standard InChI is InChI=1S/C11H6F5NO/c1-5(18)6-2-7(4-17)9(11(14,15)16)8(3-6)10(12)13/h2-3,10H,1H3. The first kappa shape index (κ1) is 14.1. The smallest absolute Gasteiger partial charge is 0.295 e. The van der Waals surface area contributed by atoms with Crippen LogP contribution in [-0.4, -0.2) is 5.78 Å². The van der Waals surface area contributed by atoms with Gasteiger partial charge in [0.05, 0.1) is 17.2 Å². The monoisotopic (exact) mass is 263 g/mol. The highest BCUT2D eigenvalue weighted by atomic mass is 19.4. The van der Waals surface area contributed by atoms with Gasteiger partial charge in [-0.2, -0.15) is 18.4 Å². The molecule has 2 nitrogen and oxygen atoms in total. The number of nitrogens with zero attached hydrogens (tertiary/aromatic N) is 1. The first-order valence-electron chi connectivity index (χ1n) is 4.62. The third-order valence-corrected chi connectivity index (χ3v) is 2.21. The van der Waals surface area contributed by atoms with Crippen molar-refractivity contribution >= 4 is 5.78 Å². The van der Waals surface area contributed by atoms with Crippen LogP contribution in [0.1, 0.15) is 40.4 Å². The summed E-state index contributed by atoms with van der Waals surface area (Å²) in [6, 6.07) is 2.32. The van der Waals surface area contributed by atoms with Gasteiger partial charge in [0.2, 0.25) is 0 Å². The minimum atomic E-state index is -5.08. The topological polar surface area (TPSA) is 40.9 Å². The molecule has 0 saturated carbocycles. The number of hydrogen-bond acceptors (Lipinski definition) is 2. The van der Waals surface area contributed by atoms with Crippen molar-refractivity contribution in [2.45, 2.75) is 19.5 Å². The van der Waals surface area contributed by atoms with Crippen LogP contribution in [0.15, 0.2) is 12.1 Å². The van der Waals surface area contributed by atoms with E-state index >= 15 is 0 Å². The Morgan fingerprint density at radius 1 is 1.33 bits per heavy atom. The number of carbonyl (C=O) groups excluding carboxylic acids is 1. The lowest BCUT2D eigenvalue weighted by Crippen LogP contribution is -2.14. The van der Waals surface area contributed by atoms with Crippen LogP contribution < -0.4 is 0 Å². The van der Waals surface area contributed by atoms with E-state index in [9.17, 15) is 26.7 Å². The summed E-state index contributed by atoms with van der Waals surface area (Å²) in [4.78, 5) is 11.0. The predicted octanol–water partition coefficient (Wildman–Crippen LogP) is 3.72. The van der Waals surface area contributed by atoms with E-state index in [0.29, 0.717) is 12.1 Å². The molecule has 0 spiro atoms. The average molecular weight is 263 g/mol. The molecule has 0 radical (unpaired) electrons. The molecule has 0 atom stereocenters. The number of nitriles is 1. The lowest BCUT2D eigenvalue weighted by molar-refractivity contribution is -0.139. The van der Waals surface area contributed by atoms with E-state index in [4.69, 9.17) is 5.26 Å². The van der Waals surface area contributed by atoms with Crippen LogP contribution >= 0.6 is 0 Å². The molecule has 0 amide bonds. The number of halogens is 5.